The van der Waals surface area contributed by atoms with Gasteiger partial charge >= 0.3 is 0 Å². The lowest BCUT2D eigenvalue weighted by Gasteiger charge is -2.32. The number of thioether (sulfide) groups is 1. The molecule has 5 nitrogen and oxygen atoms in total. The number of anilines is 1. The average molecular weight is 366 g/mol. The lowest BCUT2D eigenvalue weighted by molar-refractivity contribution is -0.113. The molecule has 0 saturated carbocycles. The van der Waals surface area contributed by atoms with Crippen LogP contribution in [0.3, 0.4) is 0 Å². The van der Waals surface area contributed by atoms with Gasteiger partial charge in [0.15, 0.2) is 0 Å². The van der Waals surface area contributed by atoms with Crippen LogP contribution in [-0.4, -0.2) is 46.9 Å². The van der Waals surface area contributed by atoms with Crippen LogP contribution in [0.1, 0.15) is 30.1 Å². The van der Waals surface area contributed by atoms with E-state index in [2.05, 4.69) is 22.5 Å². The summed E-state index contributed by atoms with van der Waals surface area (Å²) in [6, 6.07) is 6.80. The van der Waals surface area contributed by atoms with Gasteiger partial charge in [0, 0.05) is 31.4 Å². The van der Waals surface area contributed by atoms with Crippen molar-refractivity contribution >= 4 is 45.8 Å². The maximum Gasteiger partial charge on any atom is 0.251 e. The Morgan fingerprint density at radius 1 is 1.33 bits per heavy atom. The largest absolute Gasteiger partial charge is 0.357 e. The number of amides is 2. The number of nitrogens with one attached hydrogen (secondary N) is 2. The lowest BCUT2D eigenvalue weighted by Crippen LogP contribution is -2.37. The molecule has 1 heterocycles. The highest BCUT2D eigenvalue weighted by molar-refractivity contribution is 8.23. The van der Waals surface area contributed by atoms with Crippen LogP contribution in [0, 0.1) is 5.92 Å². The van der Waals surface area contributed by atoms with Crippen LogP contribution < -0.4 is 10.6 Å². The van der Waals surface area contributed by atoms with E-state index in [0.29, 0.717) is 22.9 Å². The molecule has 130 valence electrons. The fourth-order valence-corrected chi connectivity index (χ4v) is 3.64. The van der Waals surface area contributed by atoms with E-state index in [0.717, 1.165) is 23.8 Å². The molecule has 0 radical (unpaired) electrons. The Labute approximate surface area is 152 Å². The zero-order valence-corrected chi connectivity index (χ0v) is 15.6. The molecule has 1 atom stereocenters. The topological polar surface area (TPSA) is 61.4 Å². The number of thiocarbonyl (C=S) groups is 1. The van der Waals surface area contributed by atoms with Crippen molar-refractivity contribution in [2.45, 2.75) is 19.8 Å². The first kappa shape index (κ1) is 18.7. The third-order valence-electron chi connectivity index (χ3n) is 3.90. The summed E-state index contributed by atoms with van der Waals surface area (Å²) in [5.74, 6) is 0.704. The number of likely N-dealkylation sites (tertiary alicyclic amines) is 1. The van der Waals surface area contributed by atoms with E-state index in [9.17, 15) is 9.59 Å². The van der Waals surface area contributed by atoms with Crippen LogP contribution in [0.2, 0.25) is 0 Å². The van der Waals surface area contributed by atoms with Crippen molar-refractivity contribution < 1.29 is 9.59 Å². The molecular weight excluding hydrogens is 342 g/mol. The van der Waals surface area contributed by atoms with E-state index in [-0.39, 0.29) is 11.8 Å². The van der Waals surface area contributed by atoms with E-state index in [1.807, 2.05) is 0 Å². The minimum Gasteiger partial charge on any atom is -0.357 e. The molecule has 1 aliphatic rings. The summed E-state index contributed by atoms with van der Waals surface area (Å²) in [6.07, 6.45) is 2.40. The van der Waals surface area contributed by atoms with E-state index in [1.165, 1.54) is 18.2 Å². The minimum atomic E-state index is -0.149. The van der Waals surface area contributed by atoms with Crippen molar-refractivity contribution in [3.63, 3.8) is 0 Å². The molecule has 0 bridgehead atoms. The molecule has 24 heavy (non-hydrogen) atoms. The van der Waals surface area contributed by atoms with Crippen molar-refractivity contribution in [2.75, 3.05) is 31.2 Å². The van der Waals surface area contributed by atoms with Gasteiger partial charge in [-0.15, -0.1) is 0 Å². The Balaban J connectivity index is 1.78. The molecule has 1 fully saturated rings. The predicted octanol–water partition coefficient (Wildman–Crippen LogP) is 2.73. The average Bonchev–Trinajstić information content (AvgIpc) is 2.59. The Hall–Kier alpha value is -1.60. The van der Waals surface area contributed by atoms with Gasteiger partial charge in [0.1, 0.15) is 4.32 Å². The third kappa shape index (κ3) is 5.49. The summed E-state index contributed by atoms with van der Waals surface area (Å²) in [7, 11) is 1.58. The first-order valence-electron chi connectivity index (χ1n) is 8.03. The highest BCUT2D eigenvalue weighted by Crippen LogP contribution is 2.20. The maximum atomic E-state index is 12.0. The first-order valence-corrected chi connectivity index (χ1v) is 9.42. The van der Waals surface area contributed by atoms with Crippen molar-refractivity contribution in [2.24, 2.45) is 5.92 Å². The Morgan fingerprint density at radius 2 is 2.04 bits per heavy atom. The number of hydrogen-bond donors (Lipinski definition) is 2. The van der Waals surface area contributed by atoms with Gasteiger partial charge in [-0.2, -0.15) is 0 Å². The Bertz CT molecular complexity index is 604. The van der Waals surface area contributed by atoms with Crippen LogP contribution in [0.4, 0.5) is 5.69 Å². The molecule has 0 unspecified atom stereocenters. The molecule has 2 N–H and O–H groups in total. The molecule has 1 saturated heterocycles. The molecule has 2 amide bonds. The second-order valence-corrected chi connectivity index (χ2v) is 7.56. The van der Waals surface area contributed by atoms with Gasteiger partial charge in [0.2, 0.25) is 5.91 Å². The molecule has 2 rings (SSSR count). The monoisotopic (exact) mass is 365 g/mol. The van der Waals surface area contributed by atoms with Crippen molar-refractivity contribution in [1.29, 1.82) is 0 Å². The third-order valence-corrected chi connectivity index (χ3v) is 5.42. The minimum absolute atomic E-state index is 0.0971. The zero-order valence-electron chi connectivity index (χ0n) is 14.0. The van der Waals surface area contributed by atoms with Crippen LogP contribution in [-0.2, 0) is 4.79 Å². The second kappa shape index (κ2) is 9.03. The van der Waals surface area contributed by atoms with E-state index in [4.69, 9.17) is 12.2 Å². The molecule has 1 aliphatic heterocycles. The molecular formula is C17H23N3O2S2. The first-order chi connectivity index (χ1) is 11.5. The summed E-state index contributed by atoms with van der Waals surface area (Å²) in [6.45, 7) is 4.20. The summed E-state index contributed by atoms with van der Waals surface area (Å²) < 4.78 is 0.798. The zero-order chi connectivity index (χ0) is 17.5. The highest BCUT2D eigenvalue weighted by Gasteiger charge is 2.19. The number of carbonyl (C=O) groups excluding carboxylic acids is 2. The maximum absolute atomic E-state index is 12.0. The number of hydrogen-bond acceptors (Lipinski definition) is 4. The fourth-order valence-electron chi connectivity index (χ4n) is 2.62. The quantitative estimate of drug-likeness (QED) is 0.804. The number of nitrogens with zero attached hydrogens (tertiary/aromatic N) is 1. The molecule has 7 heteroatoms. The van der Waals surface area contributed by atoms with Gasteiger partial charge in [-0.3, -0.25) is 9.59 Å². The normalized spacial score (nSPS) is 17.2. The van der Waals surface area contributed by atoms with Crippen molar-refractivity contribution in [3.05, 3.63) is 29.8 Å². The van der Waals surface area contributed by atoms with Crippen LogP contribution in [0.25, 0.3) is 0 Å². The lowest BCUT2D eigenvalue weighted by atomic mass is 10.0. The van der Waals surface area contributed by atoms with Gasteiger partial charge in [-0.25, -0.2) is 0 Å². The number of carbonyl (C=O) groups is 2. The molecule has 0 aliphatic carbocycles. The smallest absolute Gasteiger partial charge is 0.251 e. The van der Waals surface area contributed by atoms with Crippen LogP contribution >= 0.6 is 24.0 Å². The van der Waals surface area contributed by atoms with E-state index in [1.54, 1.807) is 31.3 Å². The summed E-state index contributed by atoms with van der Waals surface area (Å²) in [5, 5.41) is 5.38. The van der Waals surface area contributed by atoms with Gasteiger partial charge in [-0.05, 0) is 43.0 Å². The van der Waals surface area contributed by atoms with Gasteiger partial charge < -0.3 is 15.5 Å². The second-order valence-electron chi connectivity index (χ2n) is 5.95. The summed E-state index contributed by atoms with van der Waals surface area (Å²) >= 11 is 6.84. The summed E-state index contributed by atoms with van der Waals surface area (Å²) in [4.78, 5) is 25.7. The van der Waals surface area contributed by atoms with Gasteiger partial charge in [-0.1, -0.05) is 30.9 Å². The number of piperidine rings is 1. The van der Waals surface area contributed by atoms with Crippen LogP contribution in [0.5, 0.6) is 0 Å². The molecule has 1 aromatic rings. The Morgan fingerprint density at radius 3 is 2.67 bits per heavy atom. The van der Waals surface area contributed by atoms with Gasteiger partial charge in [0.25, 0.3) is 5.91 Å². The highest BCUT2D eigenvalue weighted by atomic mass is 32.2. The molecule has 0 spiro atoms. The molecule has 0 aromatic heterocycles. The predicted molar refractivity (Wildman–Crippen MR) is 103 cm³/mol. The van der Waals surface area contributed by atoms with Crippen molar-refractivity contribution in [1.82, 2.24) is 10.2 Å². The standard InChI is InChI=1S/C17H23N3O2S2/c1-12-4-3-9-20(10-12)17(23)24-11-15(21)19-14-7-5-13(6-8-14)16(22)18-2/h5-8,12H,3-4,9-11H2,1-2H3,(H,18,22)(H,19,21)/t12-/m0/s1. The fraction of sp³-hybridized carbons (Fsp3) is 0.471. The summed E-state index contributed by atoms with van der Waals surface area (Å²) in [5.41, 5.74) is 1.23. The van der Waals surface area contributed by atoms with Crippen LogP contribution in [0.15, 0.2) is 24.3 Å². The Kier molecular flexibility index (Phi) is 7.05. The molecule has 1 aromatic carbocycles. The van der Waals surface area contributed by atoms with E-state index < -0.39 is 0 Å². The van der Waals surface area contributed by atoms with E-state index >= 15 is 0 Å². The number of benzene rings is 1. The number of rotatable bonds is 4. The van der Waals surface area contributed by atoms with Gasteiger partial charge in [0.05, 0.1) is 5.75 Å². The van der Waals surface area contributed by atoms with Crippen molar-refractivity contribution in [3.8, 4) is 0 Å². The SMILES string of the molecule is CNC(=O)c1ccc(NC(=O)CSC(=S)N2CCC[C@H](C)C2)cc1.